The lowest BCUT2D eigenvalue weighted by Gasteiger charge is -2.03. The molecule has 5 heteroatoms. The summed E-state index contributed by atoms with van der Waals surface area (Å²) in [6.07, 6.45) is 0.720. The van der Waals surface area contributed by atoms with E-state index in [0.29, 0.717) is 22.9 Å². The van der Waals surface area contributed by atoms with Crippen LogP contribution in [0.4, 0.5) is 0 Å². The molecule has 0 spiro atoms. The van der Waals surface area contributed by atoms with Crippen molar-refractivity contribution in [3.05, 3.63) is 69.3 Å². The van der Waals surface area contributed by atoms with E-state index in [1.54, 1.807) is 6.07 Å². The second-order valence-electron chi connectivity index (χ2n) is 4.93. The number of hydrogen-bond acceptors (Lipinski definition) is 2. The van der Waals surface area contributed by atoms with Crippen molar-refractivity contribution >= 4 is 44.4 Å². The lowest BCUT2D eigenvalue weighted by atomic mass is 10.1. The number of benzene rings is 2. The van der Waals surface area contributed by atoms with Crippen LogP contribution in [0.15, 0.2) is 57.4 Å². The zero-order chi connectivity index (χ0) is 15.5. The molecule has 0 fully saturated rings. The summed E-state index contributed by atoms with van der Waals surface area (Å²) in [7, 11) is 0. The third-order valence-corrected chi connectivity index (χ3v) is 4.02. The second kappa shape index (κ2) is 6.55. The predicted molar refractivity (Wildman–Crippen MR) is 91.4 cm³/mol. The molecule has 2 aromatic carbocycles. The average Bonchev–Trinajstić information content (AvgIpc) is 2.90. The summed E-state index contributed by atoms with van der Waals surface area (Å²) in [4.78, 5) is 12.1. The van der Waals surface area contributed by atoms with Crippen molar-refractivity contribution in [1.82, 2.24) is 5.32 Å². The van der Waals surface area contributed by atoms with Gasteiger partial charge >= 0.3 is 0 Å². The molecule has 1 heterocycles. The van der Waals surface area contributed by atoms with Gasteiger partial charge in [-0.15, -0.1) is 0 Å². The third-order valence-electron chi connectivity index (χ3n) is 3.29. The normalized spacial score (nSPS) is 10.8. The van der Waals surface area contributed by atoms with Crippen molar-refractivity contribution < 1.29 is 9.21 Å². The lowest BCUT2D eigenvalue weighted by Crippen LogP contribution is -2.25. The molecule has 112 valence electrons. The van der Waals surface area contributed by atoms with Gasteiger partial charge in [0.25, 0.3) is 5.91 Å². The van der Waals surface area contributed by atoms with Crippen LogP contribution in [0, 0.1) is 0 Å². The summed E-state index contributed by atoms with van der Waals surface area (Å²) in [5.74, 6) is 0.105. The smallest absolute Gasteiger partial charge is 0.287 e. The quantitative estimate of drug-likeness (QED) is 0.707. The fourth-order valence-electron chi connectivity index (χ4n) is 2.22. The van der Waals surface area contributed by atoms with Gasteiger partial charge in [-0.2, -0.15) is 0 Å². The maximum Gasteiger partial charge on any atom is 0.287 e. The fourth-order valence-corrected chi connectivity index (χ4v) is 2.77. The summed E-state index contributed by atoms with van der Waals surface area (Å²) in [5.41, 5.74) is 1.77. The minimum Gasteiger partial charge on any atom is -0.451 e. The van der Waals surface area contributed by atoms with Gasteiger partial charge < -0.3 is 9.73 Å². The van der Waals surface area contributed by atoms with Gasteiger partial charge in [-0.3, -0.25) is 4.79 Å². The number of rotatable bonds is 4. The minimum absolute atomic E-state index is 0.214. The van der Waals surface area contributed by atoms with E-state index >= 15 is 0 Å². The molecular formula is C17H13BrClNO2. The molecule has 1 amide bonds. The van der Waals surface area contributed by atoms with E-state index in [2.05, 4.69) is 21.2 Å². The van der Waals surface area contributed by atoms with Crippen LogP contribution in [0.25, 0.3) is 11.0 Å². The van der Waals surface area contributed by atoms with Crippen molar-refractivity contribution in [3.8, 4) is 0 Å². The first-order chi connectivity index (χ1) is 10.6. The van der Waals surface area contributed by atoms with Gasteiger partial charge in [0.05, 0.1) is 0 Å². The molecule has 1 N–H and O–H groups in total. The molecule has 0 aliphatic heterocycles. The molecule has 1 aromatic heterocycles. The highest BCUT2D eigenvalue weighted by atomic mass is 79.9. The Balaban J connectivity index is 1.63. The summed E-state index contributed by atoms with van der Waals surface area (Å²) in [6.45, 7) is 0.528. The van der Waals surface area contributed by atoms with Gasteiger partial charge in [0.1, 0.15) is 5.58 Å². The fraction of sp³-hybridized carbons (Fsp3) is 0.118. The van der Waals surface area contributed by atoms with E-state index in [9.17, 15) is 4.79 Å². The minimum atomic E-state index is -0.214. The largest absolute Gasteiger partial charge is 0.451 e. The van der Waals surface area contributed by atoms with E-state index in [-0.39, 0.29) is 5.91 Å². The molecule has 0 saturated heterocycles. The zero-order valence-corrected chi connectivity index (χ0v) is 13.9. The number of furan rings is 1. The topological polar surface area (TPSA) is 42.2 Å². The second-order valence-corrected chi connectivity index (χ2v) is 6.28. The van der Waals surface area contributed by atoms with Crippen molar-refractivity contribution in [2.45, 2.75) is 6.42 Å². The Kier molecular flexibility index (Phi) is 4.50. The van der Waals surface area contributed by atoms with E-state index in [0.717, 1.165) is 21.8 Å². The Bertz CT molecular complexity index is 828. The van der Waals surface area contributed by atoms with Gasteiger partial charge in [-0.05, 0) is 48.4 Å². The van der Waals surface area contributed by atoms with Crippen LogP contribution in [-0.4, -0.2) is 12.5 Å². The number of hydrogen-bond donors (Lipinski definition) is 1. The highest BCUT2D eigenvalue weighted by Crippen LogP contribution is 2.23. The number of carbonyl (C=O) groups is 1. The monoisotopic (exact) mass is 377 g/mol. The van der Waals surface area contributed by atoms with Gasteiger partial charge in [0.2, 0.25) is 0 Å². The summed E-state index contributed by atoms with van der Waals surface area (Å²) < 4.78 is 6.49. The summed E-state index contributed by atoms with van der Waals surface area (Å²) >= 11 is 9.31. The lowest BCUT2D eigenvalue weighted by molar-refractivity contribution is 0.0928. The van der Waals surface area contributed by atoms with Crippen LogP contribution in [0.2, 0.25) is 5.02 Å². The van der Waals surface area contributed by atoms with E-state index < -0.39 is 0 Å². The van der Waals surface area contributed by atoms with Crippen molar-refractivity contribution in [2.24, 2.45) is 0 Å². The first-order valence-electron chi connectivity index (χ1n) is 6.83. The predicted octanol–water partition coefficient (Wildman–Crippen LogP) is 4.82. The van der Waals surface area contributed by atoms with Crippen LogP contribution < -0.4 is 5.32 Å². The van der Waals surface area contributed by atoms with Crippen LogP contribution in [-0.2, 0) is 6.42 Å². The molecule has 3 rings (SSSR count). The highest BCUT2D eigenvalue weighted by Gasteiger charge is 2.11. The molecule has 3 aromatic rings. The number of carbonyl (C=O) groups excluding carboxylic acids is 1. The molecule has 0 radical (unpaired) electrons. The molecule has 0 unspecified atom stereocenters. The molecule has 0 bridgehead atoms. The zero-order valence-electron chi connectivity index (χ0n) is 11.6. The summed E-state index contributed by atoms with van der Waals surface area (Å²) in [6, 6.07) is 15.0. The number of halogens is 2. The standard InChI is InChI=1S/C17H13BrClNO2/c18-13-5-4-12-9-16(22-15(12)10-13)17(21)20-7-6-11-2-1-3-14(19)8-11/h1-5,8-10H,6-7H2,(H,20,21). The van der Waals surface area contributed by atoms with Crippen LogP contribution in [0.3, 0.4) is 0 Å². The molecule has 0 aliphatic rings. The highest BCUT2D eigenvalue weighted by molar-refractivity contribution is 9.10. The van der Waals surface area contributed by atoms with E-state index in [1.807, 2.05) is 42.5 Å². The third kappa shape index (κ3) is 3.51. The van der Waals surface area contributed by atoms with Crippen LogP contribution >= 0.6 is 27.5 Å². The average molecular weight is 379 g/mol. The Hall–Kier alpha value is -1.78. The van der Waals surface area contributed by atoms with Gasteiger partial charge in [0.15, 0.2) is 5.76 Å². The Morgan fingerprint density at radius 3 is 2.86 bits per heavy atom. The molecule has 0 saturated carbocycles. The first-order valence-corrected chi connectivity index (χ1v) is 8.01. The SMILES string of the molecule is O=C(NCCc1cccc(Cl)c1)c1cc2ccc(Br)cc2o1. The molecule has 0 atom stereocenters. The maximum absolute atomic E-state index is 12.1. The summed E-state index contributed by atoms with van der Waals surface area (Å²) in [5, 5.41) is 4.46. The molecule has 3 nitrogen and oxygen atoms in total. The Labute approximate surface area is 141 Å². The van der Waals surface area contributed by atoms with Crippen molar-refractivity contribution in [1.29, 1.82) is 0 Å². The van der Waals surface area contributed by atoms with E-state index in [4.69, 9.17) is 16.0 Å². The van der Waals surface area contributed by atoms with Crippen molar-refractivity contribution in [3.63, 3.8) is 0 Å². The molecular weight excluding hydrogens is 366 g/mol. The molecule has 22 heavy (non-hydrogen) atoms. The number of nitrogens with one attached hydrogen (secondary N) is 1. The van der Waals surface area contributed by atoms with Crippen LogP contribution in [0.5, 0.6) is 0 Å². The van der Waals surface area contributed by atoms with Gasteiger partial charge in [-0.25, -0.2) is 0 Å². The van der Waals surface area contributed by atoms with Gasteiger partial charge in [-0.1, -0.05) is 39.7 Å². The number of fused-ring (bicyclic) bond motifs is 1. The Morgan fingerprint density at radius 2 is 2.05 bits per heavy atom. The van der Waals surface area contributed by atoms with Gasteiger partial charge in [0, 0.05) is 21.4 Å². The Morgan fingerprint density at radius 1 is 1.18 bits per heavy atom. The van der Waals surface area contributed by atoms with Crippen molar-refractivity contribution in [2.75, 3.05) is 6.54 Å². The maximum atomic E-state index is 12.1. The molecule has 0 aliphatic carbocycles. The van der Waals surface area contributed by atoms with E-state index in [1.165, 1.54) is 0 Å². The number of amides is 1. The van der Waals surface area contributed by atoms with Crippen LogP contribution in [0.1, 0.15) is 16.1 Å². The first kappa shape index (κ1) is 15.1.